The van der Waals surface area contributed by atoms with E-state index in [1.165, 1.54) is 13.2 Å². The van der Waals surface area contributed by atoms with Crippen LogP contribution >= 0.6 is 0 Å². The van der Waals surface area contributed by atoms with Gasteiger partial charge in [-0.3, -0.25) is 4.79 Å². The van der Waals surface area contributed by atoms with Gasteiger partial charge in [0.15, 0.2) is 11.6 Å². The average molecular weight is 271 g/mol. The highest BCUT2D eigenvalue weighted by molar-refractivity contribution is 5.99. The van der Waals surface area contributed by atoms with E-state index in [0.29, 0.717) is 12.0 Å². The predicted octanol–water partition coefficient (Wildman–Crippen LogP) is 2.86. The lowest BCUT2D eigenvalue weighted by Gasteiger charge is -2.12. The van der Waals surface area contributed by atoms with Gasteiger partial charge in [0.25, 0.3) is 5.91 Å². The number of hydrogen-bond donors (Lipinski definition) is 1. The Balaban J connectivity index is 1.96. The summed E-state index contributed by atoms with van der Waals surface area (Å²) in [4.78, 5) is 11.9. The number of carbonyl (C=O) groups excluding carboxylic acids is 1. The second-order valence-electron chi connectivity index (χ2n) is 4.79. The maximum atomic E-state index is 13.7. The largest absolute Gasteiger partial charge is 0.494 e. The molecule has 0 saturated heterocycles. The second-order valence-corrected chi connectivity index (χ2v) is 4.79. The smallest absolute Gasteiger partial charge is 0.252 e. The van der Waals surface area contributed by atoms with Gasteiger partial charge in [0.1, 0.15) is 0 Å². The number of ether oxygens (including phenoxy) is 1. The van der Waals surface area contributed by atoms with E-state index in [1.54, 1.807) is 6.07 Å². The highest BCUT2D eigenvalue weighted by Gasteiger charge is 2.30. The number of benzene rings is 2. The van der Waals surface area contributed by atoms with E-state index in [9.17, 15) is 9.18 Å². The van der Waals surface area contributed by atoms with Crippen LogP contribution in [0.25, 0.3) is 0 Å². The molecule has 0 fully saturated rings. The Bertz CT molecular complexity index is 655. The molecular formula is C16H14FNO2. The SMILES string of the molecule is COc1cc2c(cc1F)C(=O)NC2Cc1ccccc1. The van der Waals surface area contributed by atoms with Gasteiger partial charge in [-0.05, 0) is 29.7 Å². The lowest BCUT2D eigenvalue weighted by Crippen LogP contribution is -2.20. The quantitative estimate of drug-likeness (QED) is 0.932. The van der Waals surface area contributed by atoms with E-state index < -0.39 is 5.82 Å². The summed E-state index contributed by atoms with van der Waals surface area (Å²) in [5.41, 5.74) is 2.30. The third-order valence-electron chi connectivity index (χ3n) is 3.53. The predicted molar refractivity (Wildman–Crippen MR) is 73.3 cm³/mol. The van der Waals surface area contributed by atoms with Crippen LogP contribution in [0.4, 0.5) is 4.39 Å². The fraction of sp³-hybridized carbons (Fsp3) is 0.188. The Hall–Kier alpha value is -2.36. The number of nitrogens with one attached hydrogen (secondary N) is 1. The number of hydrogen-bond acceptors (Lipinski definition) is 2. The first-order valence-electron chi connectivity index (χ1n) is 6.41. The molecule has 2 aromatic carbocycles. The monoisotopic (exact) mass is 271 g/mol. The molecule has 0 spiro atoms. The molecule has 0 aromatic heterocycles. The Labute approximate surface area is 116 Å². The summed E-state index contributed by atoms with van der Waals surface area (Å²) in [6.07, 6.45) is 0.675. The Morgan fingerprint density at radius 1 is 1.25 bits per heavy atom. The maximum absolute atomic E-state index is 13.7. The first-order chi connectivity index (χ1) is 9.69. The zero-order chi connectivity index (χ0) is 14.1. The van der Waals surface area contributed by atoms with Gasteiger partial charge in [0.05, 0.1) is 13.2 Å². The lowest BCUT2D eigenvalue weighted by atomic mass is 9.98. The number of carbonyl (C=O) groups is 1. The van der Waals surface area contributed by atoms with E-state index in [0.717, 1.165) is 11.1 Å². The molecule has 1 amide bonds. The van der Waals surface area contributed by atoms with Gasteiger partial charge in [0.2, 0.25) is 0 Å². The zero-order valence-corrected chi connectivity index (χ0v) is 11.0. The summed E-state index contributed by atoms with van der Waals surface area (Å²) in [7, 11) is 1.42. The number of rotatable bonds is 3. The molecule has 1 heterocycles. The first-order valence-corrected chi connectivity index (χ1v) is 6.41. The van der Waals surface area contributed by atoms with Crippen LogP contribution in [0.3, 0.4) is 0 Å². The van der Waals surface area contributed by atoms with Gasteiger partial charge in [0, 0.05) is 5.56 Å². The number of methoxy groups -OCH3 is 1. The van der Waals surface area contributed by atoms with Crippen molar-refractivity contribution >= 4 is 5.91 Å². The molecule has 1 N–H and O–H groups in total. The highest BCUT2D eigenvalue weighted by Crippen LogP contribution is 2.33. The third kappa shape index (κ3) is 2.13. The van der Waals surface area contributed by atoms with Crippen molar-refractivity contribution in [3.8, 4) is 5.75 Å². The van der Waals surface area contributed by atoms with Crippen molar-refractivity contribution in [1.82, 2.24) is 5.32 Å². The van der Waals surface area contributed by atoms with Gasteiger partial charge in [-0.1, -0.05) is 30.3 Å². The standard InChI is InChI=1S/C16H14FNO2/c1-20-15-9-11-12(8-13(15)17)16(19)18-14(11)7-10-5-3-2-4-6-10/h2-6,8-9,14H,7H2,1H3,(H,18,19). The molecule has 3 nitrogen and oxygen atoms in total. The van der Waals surface area contributed by atoms with Crippen LogP contribution in [-0.2, 0) is 6.42 Å². The first kappa shape index (κ1) is 12.7. The summed E-state index contributed by atoms with van der Waals surface area (Å²) in [5, 5.41) is 2.89. The third-order valence-corrected chi connectivity index (χ3v) is 3.53. The highest BCUT2D eigenvalue weighted by atomic mass is 19.1. The van der Waals surface area contributed by atoms with E-state index in [4.69, 9.17) is 4.74 Å². The normalized spacial score (nSPS) is 16.7. The van der Waals surface area contributed by atoms with Crippen molar-refractivity contribution < 1.29 is 13.9 Å². The van der Waals surface area contributed by atoms with Crippen molar-refractivity contribution in [3.05, 3.63) is 65.0 Å². The van der Waals surface area contributed by atoms with Gasteiger partial charge >= 0.3 is 0 Å². The molecule has 1 atom stereocenters. The van der Waals surface area contributed by atoms with Crippen LogP contribution in [0.5, 0.6) is 5.75 Å². The fourth-order valence-electron chi connectivity index (χ4n) is 2.54. The van der Waals surface area contributed by atoms with E-state index in [2.05, 4.69) is 5.32 Å². The minimum atomic E-state index is -0.512. The molecule has 0 aliphatic carbocycles. The van der Waals surface area contributed by atoms with Crippen molar-refractivity contribution in [3.63, 3.8) is 0 Å². The van der Waals surface area contributed by atoms with Crippen molar-refractivity contribution in [2.24, 2.45) is 0 Å². The van der Waals surface area contributed by atoms with Gasteiger partial charge in [-0.25, -0.2) is 4.39 Å². The maximum Gasteiger partial charge on any atom is 0.252 e. The van der Waals surface area contributed by atoms with Gasteiger partial charge in [-0.15, -0.1) is 0 Å². The molecule has 0 bridgehead atoms. The summed E-state index contributed by atoms with van der Waals surface area (Å²) < 4.78 is 18.7. The van der Waals surface area contributed by atoms with Crippen LogP contribution in [0.15, 0.2) is 42.5 Å². The Morgan fingerprint density at radius 3 is 2.70 bits per heavy atom. The molecule has 1 aliphatic rings. The summed E-state index contributed by atoms with van der Waals surface area (Å²) in [5.74, 6) is -0.581. The Kier molecular flexibility index (Phi) is 3.14. The topological polar surface area (TPSA) is 38.3 Å². The van der Waals surface area contributed by atoms with Crippen LogP contribution in [0.1, 0.15) is 27.5 Å². The fourth-order valence-corrected chi connectivity index (χ4v) is 2.54. The Morgan fingerprint density at radius 2 is 2.00 bits per heavy atom. The van der Waals surface area contributed by atoms with Gasteiger partial charge in [-0.2, -0.15) is 0 Å². The second kappa shape index (κ2) is 4.96. The minimum Gasteiger partial charge on any atom is -0.494 e. The van der Waals surface area contributed by atoms with E-state index in [-0.39, 0.29) is 17.7 Å². The van der Waals surface area contributed by atoms with Crippen molar-refractivity contribution in [2.45, 2.75) is 12.5 Å². The molecule has 4 heteroatoms. The van der Waals surface area contributed by atoms with Crippen molar-refractivity contribution in [1.29, 1.82) is 0 Å². The summed E-state index contributed by atoms with van der Waals surface area (Å²) in [6, 6.07) is 12.6. The molecule has 0 radical (unpaired) electrons. The number of amides is 1. The van der Waals surface area contributed by atoms with Crippen LogP contribution in [0, 0.1) is 5.82 Å². The molecule has 0 saturated carbocycles. The zero-order valence-electron chi connectivity index (χ0n) is 11.0. The average Bonchev–Trinajstić information content (AvgIpc) is 2.75. The molecule has 3 rings (SSSR count). The molecule has 2 aromatic rings. The van der Waals surface area contributed by atoms with Crippen LogP contribution in [-0.4, -0.2) is 13.0 Å². The van der Waals surface area contributed by atoms with E-state index in [1.807, 2.05) is 30.3 Å². The molecular weight excluding hydrogens is 257 g/mol. The molecule has 102 valence electrons. The number of halogens is 1. The molecule has 20 heavy (non-hydrogen) atoms. The van der Waals surface area contributed by atoms with Crippen molar-refractivity contribution in [2.75, 3.05) is 7.11 Å². The number of fused-ring (bicyclic) bond motifs is 1. The summed E-state index contributed by atoms with van der Waals surface area (Å²) in [6.45, 7) is 0. The van der Waals surface area contributed by atoms with Gasteiger partial charge < -0.3 is 10.1 Å². The van der Waals surface area contributed by atoms with E-state index >= 15 is 0 Å². The molecule has 1 aliphatic heterocycles. The molecule has 1 unspecified atom stereocenters. The van der Waals surface area contributed by atoms with Crippen LogP contribution in [0.2, 0.25) is 0 Å². The van der Waals surface area contributed by atoms with Crippen LogP contribution < -0.4 is 10.1 Å². The lowest BCUT2D eigenvalue weighted by molar-refractivity contribution is 0.0956. The minimum absolute atomic E-state index is 0.144. The summed E-state index contributed by atoms with van der Waals surface area (Å²) >= 11 is 0.